The molecule has 0 amide bonds. The van der Waals surface area contributed by atoms with Gasteiger partial charge in [0.05, 0.1) is 11.2 Å². The van der Waals surface area contributed by atoms with Crippen LogP contribution in [0.3, 0.4) is 0 Å². The number of benzene rings is 2. The minimum Gasteiger partial charge on any atom is -0.349 e. The van der Waals surface area contributed by atoms with Crippen molar-refractivity contribution in [2.24, 2.45) is 0 Å². The monoisotopic (exact) mass is 312 g/mol. The third-order valence-corrected chi connectivity index (χ3v) is 2.70. The highest BCUT2D eigenvalue weighted by atomic mass is 35.5. The molecule has 0 aliphatic heterocycles. The van der Waals surface area contributed by atoms with E-state index in [1.165, 1.54) is 0 Å². The smallest absolute Gasteiger partial charge is 0.349 e. The Labute approximate surface area is 127 Å². The van der Waals surface area contributed by atoms with Crippen LogP contribution in [0, 0.1) is 11.6 Å². The molecule has 0 saturated carbocycles. The van der Waals surface area contributed by atoms with Crippen molar-refractivity contribution >= 4 is 11.6 Å². The molecule has 106 valence electrons. The van der Waals surface area contributed by atoms with Crippen molar-refractivity contribution in [2.45, 2.75) is 0 Å². The molecule has 0 N–H and O–H groups in total. The van der Waals surface area contributed by atoms with Crippen LogP contribution in [0.5, 0.6) is 0 Å². The van der Waals surface area contributed by atoms with Gasteiger partial charge in [0.25, 0.3) is 5.89 Å². The van der Waals surface area contributed by atoms with Crippen LogP contribution in [0.15, 0.2) is 51.7 Å². The average molecular weight is 313 g/mol. The first-order valence-corrected chi connectivity index (χ1v) is 5.92. The molecule has 1 heterocycles. The van der Waals surface area contributed by atoms with Crippen molar-refractivity contribution in [1.82, 2.24) is 9.72 Å². The zero-order valence-corrected chi connectivity index (χ0v) is 10.8. The molecular weight excluding hydrogens is 302 g/mol. The molecule has 0 atom stereocenters. The molecule has 21 heavy (non-hydrogen) atoms. The molecule has 1 aromatic heterocycles. The van der Waals surface area contributed by atoms with E-state index in [1.807, 2.05) is 0 Å². The van der Waals surface area contributed by atoms with Crippen molar-refractivity contribution < 1.29 is 18.8 Å². The van der Waals surface area contributed by atoms with E-state index in [9.17, 15) is 13.6 Å². The summed E-state index contributed by atoms with van der Waals surface area (Å²) in [4.78, 5) is 15.4. The van der Waals surface area contributed by atoms with Gasteiger partial charge in [0, 0.05) is 5.02 Å². The molecule has 0 unspecified atom stereocenters. The molecule has 2 aromatic carbocycles. The zero-order valence-electron chi connectivity index (χ0n) is 14.1. The van der Waals surface area contributed by atoms with Gasteiger partial charge in [0.2, 0.25) is 0 Å². The first-order chi connectivity index (χ1) is 11.7. The van der Waals surface area contributed by atoms with Crippen molar-refractivity contribution in [3.63, 3.8) is 0 Å². The number of aromatic nitrogens is 2. The van der Waals surface area contributed by atoms with Crippen LogP contribution in [-0.2, 0) is 0 Å². The predicted molar refractivity (Wildman–Crippen MR) is 72.5 cm³/mol. The first kappa shape index (κ1) is 9.46. The van der Waals surface area contributed by atoms with E-state index in [0.717, 1.165) is 18.2 Å². The fraction of sp³-hybridized carbons (Fsp3) is 0. The Bertz CT molecular complexity index is 1020. The SMILES string of the molecule is [2H]c1c([2H])c(-n2oc(-c3c(F)cccc3F)nc2=O)c([2H])c([2H])c1Cl. The molecule has 7 heteroatoms. The van der Waals surface area contributed by atoms with Gasteiger partial charge in [-0.1, -0.05) is 17.7 Å². The van der Waals surface area contributed by atoms with Crippen molar-refractivity contribution in [2.75, 3.05) is 0 Å². The van der Waals surface area contributed by atoms with E-state index in [2.05, 4.69) is 4.98 Å². The Morgan fingerprint density at radius 2 is 1.81 bits per heavy atom. The first-order valence-electron chi connectivity index (χ1n) is 7.55. The summed E-state index contributed by atoms with van der Waals surface area (Å²) in [5, 5.41) is -0.438. The average Bonchev–Trinajstić information content (AvgIpc) is 2.92. The number of nitrogens with zero attached hydrogens (tertiary/aromatic N) is 2. The van der Waals surface area contributed by atoms with E-state index in [-0.39, 0.29) is 0 Å². The van der Waals surface area contributed by atoms with Gasteiger partial charge in [0.1, 0.15) is 17.2 Å². The van der Waals surface area contributed by atoms with E-state index < -0.39 is 63.7 Å². The maximum Gasteiger partial charge on any atom is 0.384 e. The molecule has 0 radical (unpaired) electrons. The second-order valence-electron chi connectivity index (χ2n) is 3.84. The summed E-state index contributed by atoms with van der Waals surface area (Å²) in [6.07, 6.45) is 0. The molecular formula is C14H7ClF2N2O2. The van der Waals surface area contributed by atoms with Crippen molar-refractivity contribution in [3.8, 4) is 17.1 Å². The zero-order chi connectivity index (χ0) is 18.5. The summed E-state index contributed by atoms with van der Waals surface area (Å²) in [6.45, 7) is 0. The van der Waals surface area contributed by atoms with Gasteiger partial charge in [-0.05, 0) is 36.3 Å². The maximum atomic E-state index is 13.8. The Morgan fingerprint density at radius 1 is 1.19 bits per heavy atom. The molecule has 0 spiro atoms. The molecule has 4 nitrogen and oxygen atoms in total. The highest BCUT2D eigenvalue weighted by Gasteiger charge is 2.19. The molecule has 3 rings (SSSR count). The van der Waals surface area contributed by atoms with E-state index in [0.29, 0.717) is 4.74 Å². The summed E-state index contributed by atoms with van der Waals surface area (Å²) in [5.41, 5.74) is -2.43. The summed E-state index contributed by atoms with van der Waals surface area (Å²) in [5.74, 6) is -2.75. The summed E-state index contributed by atoms with van der Waals surface area (Å²) in [7, 11) is 0. The van der Waals surface area contributed by atoms with Crippen LogP contribution in [-0.4, -0.2) is 9.72 Å². The Morgan fingerprint density at radius 3 is 2.43 bits per heavy atom. The number of halogens is 3. The normalized spacial score (nSPS) is 13.5. The van der Waals surface area contributed by atoms with Crippen LogP contribution in [0.1, 0.15) is 5.48 Å². The molecule has 0 bridgehead atoms. The van der Waals surface area contributed by atoms with Crippen molar-refractivity contribution in [1.29, 1.82) is 0 Å². The van der Waals surface area contributed by atoms with Crippen molar-refractivity contribution in [3.05, 3.63) is 69.5 Å². The molecule has 3 aromatic rings. The Balaban J connectivity index is 2.30. The topological polar surface area (TPSA) is 48.0 Å². The summed E-state index contributed by atoms with van der Waals surface area (Å²) >= 11 is 5.68. The highest BCUT2D eigenvalue weighted by Crippen LogP contribution is 2.24. The van der Waals surface area contributed by atoms with Gasteiger partial charge in [-0.15, -0.1) is 4.74 Å². The summed E-state index contributed by atoms with van der Waals surface area (Å²) in [6, 6.07) is 0.476. The molecule has 0 fully saturated rings. The van der Waals surface area contributed by atoms with Gasteiger partial charge in [-0.25, -0.2) is 13.6 Å². The van der Waals surface area contributed by atoms with E-state index >= 15 is 0 Å². The van der Waals surface area contributed by atoms with Crippen LogP contribution in [0.4, 0.5) is 8.78 Å². The standard InChI is InChI=1S/C14H7ClF2N2O2/c15-8-4-6-9(7-5-8)19-14(20)18-13(21-19)12-10(16)2-1-3-11(12)17/h1-7H/i4D,5D,6D,7D. The largest absolute Gasteiger partial charge is 0.384 e. The van der Waals surface area contributed by atoms with Gasteiger partial charge in [-0.2, -0.15) is 4.98 Å². The molecule has 0 aliphatic rings. The fourth-order valence-corrected chi connectivity index (χ4v) is 1.71. The number of rotatable bonds is 2. The Hall–Kier alpha value is -2.47. The van der Waals surface area contributed by atoms with Gasteiger partial charge >= 0.3 is 5.69 Å². The second-order valence-corrected chi connectivity index (χ2v) is 4.22. The van der Waals surface area contributed by atoms with Crippen LogP contribution in [0.25, 0.3) is 17.1 Å². The second kappa shape index (κ2) is 5.14. The number of hydrogen-bond donors (Lipinski definition) is 0. The molecule has 0 saturated heterocycles. The number of hydrogen-bond acceptors (Lipinski definition) is 3. The minimum absolute atomic E-state index is 0.332. The third-order valence-electron chi connectivity index (χ3n) is 2.51. The predicted octanol–water partition coefficient (Wildman–Crippen LogP) is 3.42. The summed E-state index contributed by atoms with van der Waals surface area (Å²) < 4.78 is 64.0. The van der Waals surface area contributed by atoms with E-state index in [4.69, 9.17) is 21.6 Å². The van der Waals surface area contributed by atoms with E-state index in [1.54, 1.807) is 0 Å². The van der Waals surface area contributed by atoms with Crippen LogP contribution in [0.2, 0.25) is 5.02 Å². The Kier molecular flexibility index (Phi) is 2.32. The molecule has 0 aliphatic carbocycles. The van der Waals surface area contributed by atoms with Gasteiger partial charge in [0.15, 0.2) is 0 Å². The lowest BCUT2D eigenvalue weighted by Gasteiger charge is -2.00. The lowest BCUT2D eigenvalue weighted by atomic mass is 10.2. The minimum atomic E-state index is -1.17. The lowest BCUT2D eigenvalue weighted by Crippen LogP contribution is -2.13. The van der Waals surface area contributed by atoms with Gasteiger partial charge < -0.3 is 4.52 Å². The quantitative estimate of drug-likeness (QED) is 0.728. The van der Waals surface area contributed by atoms with Crippen LogP contribution >= 0.6 is 11.6 Å². The van der Waals surface area contributed by atoms with Gasteiger partial charge in [-0.3, -0.25) is 0 Å². The lowest BCUT2D eigenvalue weighted by molar-refractivity contribution is 0.346. The maximum absolute atomic E-state index is 13.8. The third kappa shape index (κ3) is 2.45. The fourth-order valence-electron chi connectivity index (χ4n) is 1.62. The highest BCUT2D eigenvalue weighted by molar-refractivity contribution is 6.30. The van der Waals surface area contributed by atoms with Crippen LogP contribution < -0.4 is 5.69 Å².